The van der Waals surface area contributed by atoms with Gasteiger partial charge in [-0.15, -0.1) is 0 Å². The van der Waals surface area contributed by atoms with Crippen molar-refractivity contribution in [3.63, 3.8) is 0 Å². The Morgan fingerprint density at radius 3 is 1.48 bits per heavy atom. The van der Waals surface area contributed by atoms with Crippen LogP contribution in [-0.4, -0.2) is 130 Å². The minimum absolute atomic E-state index is 0.0864. The van der Waals surface area contributed by atoms with Crippen LogP contribution in [0.1, 0.15) is 50.5 Å². The van der Waals surface area contributed by atoms with Crippen LogP contribution in [0.4, 0.5) is 39.5 Å². The summed E-state index contributed by atoms with van der Waals surface area (Å²) in [5.41, 5.74) is 7.36. The van der Waals surface area contributed by atoms with Crippen molar-refractivity contribution in [1.82, 2.24) is 14.7 Å². The lowest BCUT2D eigenvalue weighted by molar-refractivity contribution is -0.193. The van der Waals surface area contributed by atoms with E-state index < -0.39 is 42.5 Å². The van der Waals surface area contributed by atoms with Crippen molar-refractivity contribution in [1.29, 1.82) is 0 Å². The monoisotopic (exact) mass is 788 g/mol. The smallest absolute Gasteiger partial charge is 0.475 e. The van der Waals surface area contributed by atoms with Gasteiger partial charge in [-0.1, -0.05) is 43.0 Å². The summed E-state index contributed by atoms with van der Waals surface area (Å²) in [6.45, 7) is 7.31. The van der Waals surface area contributed by atoms with E-state index >= 15 is 0 Å². The molecule has 11 nitrogen and oxygen atoms in total. The van der Waals surface area contributed by atoms with Gasteiger partial charge < -0.3 is 30.9 Å². The Labute approximate surface area is 298 Å². The Bertz CT molecular complexity index is 1210. The fraction of sp³-hybridized carbons (Fsp3) is 0.677. The van der Waals surface area contributed by atoms with E-state index in [0.717, 1.165) is 37.7 Å². The van der Waals surface area contributed by atoms with Crippen molar-refractivity contribution in [3.8, 4) is 0 Å². The van der Waals surface area contributed by atoms with E-state index in [1.54, 1.807) is 0 Å². The first kappa shape index (κ1) is 46.7. The van der Waals surface area contributed by atoms with E-state index in [4.69, 9.17) is 47.0 Å². The molecule has 52 heavy (non-hydrogen) atoms. The number of carbonyl (C=O) groups is 4. The van der Waals surface area contributed by atoms with Crippen molar-refractivity contribution >= 4 is 35.4 Å². The molecular formula is C31H42ClF9N4O7. The van der Waals surface area contributed by atoms with Gasteiger partial charge in [0.05, 0.1) is 6.04 Å². The number of likely N-dealkylation sites (tertiary alicyclic amines) is 1. The van der Waals surface area contributed by atoms with Crippen LogP contribution >= 0.6 is 11.6 Å². The van der Waals surface area contributed by atoms with Crippen molar-refractivity contribution in [2.45, 2.75) is 82.0 Å². The maximum atomic E-state index is 13.0. The topological polar surface area (TPSA) is 165 Å². The van der Waals surface area contributed by atoms with Gasteiger partial charge in [0, 0.05) is 43.8 Å². The number of halogens is 10. The number of hydrogen-bond donors (Lipinski definition) is 4. The molecule has 21 heteroatoms. The van der Waals surface area contributed by atoms with Gasteiger partial charge in [0.1, 0.15) is 0 Å². The number of benzene rings is 1. The van der Waals surface area contributed by atoms with Crippen LogP contribution in [0.25, 0.3) is 0 Å². The van der Waals surface area contributed by atoms with Crippen molar-refractivity contribution in [2.24, 2.45) is 11.7 Å². The van der Waals surface area contributed by atoms with Crippen LogP contribution in [-0.2, 0) is 25.6 Å². The zero-order valence-electron chi connectivity index (χ0n) is 27.8. The number of amides is 1. The van der Waals surface area contributed by atoms with E-state index in [1.165, 1.54) is 64.6 Å². The van der Waals surface area contributed by atoms with Crippen LogP contribution in [0.3, 0.4) is 0 Å². The molecule has 2 aliphatic heterocycles. The molecule has 2 atom stereocenters. The van der Waals surface area contributed by atoms with E-state index in [1.807, 2.05) is 29.2 Å². The normalized spacial score (nSPS) is 18.7. The number of alkyl halides is 9. The van der Waals surface area contributed by atoms with Gasteiger partial charge in [-0.2, -0.15) is 39.5 Å². The van der Waals surface area contributed by atoms with E-state index in [9.17, 15) is 44.3 Å². The number of carboxylic acids is 3. The number of aliphatic carboxylic acids is 3. The maximum absolute atomic E-state index is 13.0. The van der Waals surface area contributed by atoms with Gasteiger partial charge in [-0.25, -0.2) is 14.4 Å². The summed E-state index contributed by atoms with van der Waals surface area (Å²) in [5.74, 6) is -7.36. The third-order valence-corrected chi connectivity index (χ3v) is 8.60. The van der Waals surface area contributed by atoms with E-state index in [0.29, 0.717) is 17.5 Å². The number of hydrogen-bond acceptors (Lipinski definition) is 7. The molecule has 1 saturated carbocycles. The van der Waals surface area contributed by atoms with E-state index in [2.05, 4.69) is 9.80 Å². The fourth-order valence-corrected chi connectivity index (χ4v) is 5.91. The van der Waals surface area contributed by atoms with Crippen LogP contribution in [0, 0.1) is 5.92 Å². The molecular weight excluding hydrogens is 747 g/mol. The number of piperazine rings is 1. The first-order valence-corrected chi connectivity index (χ1v) is 16.5. The third-order valence-electron chi connectivity index (χ3n) is 8.35. The molecule has 5 N–H and O–H groups in total. The summed E-state index contributed by atoms with van der Waals surface area (Å²) in [7, 11) is 0. The number of rotatable bonds is 7. The molecule has 298 valence electrons. The summed E-state index contributed by atoms with van der Waals surface area (Å²) < 4.78 is 95.2. The molecule has 2 unspecified atom stereocenters. The van der Waals surface area contributed by atoms with Gasteiger partial charge in [0.2, 0.25) is 5.91 Å². The lowest BCUT2D eigenvalue weighted by Gasteiger charge is -2.45. The summed E-state index contributed by atoms with van der Waals surface area (Å²) >= 11 is 5.97. The molecule has 0 aromatic heterocycles. The van der Waals surface area contributed by atoms with Gasteiger partial charge in [0.15, 0.2) is 0 Å². The van der Waals surface area contributed by atoms with E-state index in [-0.39, 0.29) is 5.91 Å². The number of nitrogens with zero attached hydrogens (tertiary/aromatic N) is 3. The highest BCUT2D eigenvalue weighted by atomic mass is 35.5. The lowest BCUT2D eigenvalue weighted by Crippen LogP contribution is -2.58. The Morgan fingerprint density at radius 2 is 1.10 bits per heavy atom. The van der Waals surface area contributed by atoms with Crippen molar-refractivity contribution in [3.05, 3.63) is 34.9 Å². The summed E-state index contributed by atoms with van der Waals surface area (Å²) in [5, 5.41) is 22.1. The average molecular weight is 789 g/mol. The van der Waals surface area contributed by atoms with Crippen LogP contribution in [0.15, 0.2) is 24.3 Å². The summed E-state index contributed by atoms with van der Waals surface area (Å²) in [4.78, 5) is 47.0. The Kier molecular flexibility index (Phi) is 19.2. The van der Waals surface area contributed by atoms with Crippen LogP contribution in [0.5, 0.6) is 0 Å². The molecule has 0 radical (unpaired) electrons. The molecule has 0 spiro atoms. The zero-order chi connectivity index (χ0) is 39.9. The van der Waals surface area contributed by atoms with Crippen molar-refractivity contribution in [2.75, 3.05) is 45.8 Å². The second-order valence-electron chi connectivity index (χ2n) is 12.2. The Morgan fingerprint density at radius 1 is 0.692 bits per heavy atom. The summed E-state index contributed by atoms with van der Waals surface area (Å²) in [6.07, 6.45) is -5.04. The third kappa shape index (κ3) is 17.9. The van der Waals surface area contributed by atoms with Gasteiger partial charge in [-0.3, -0.25) is 9.69 Å². The highest BCUT2D eigenvalue weighted by Gasteiger charge is 2.40. The summed E-state index contributed by atoms with van der Waals surface area (Å²) in [6, 6.07) is 7.81. The fourth-order valence-electron chi connectivity index (χ4n) is 5.78. The average Bonchev–Trinajstić information content (AvgIpc) is 3.58. The van der Waals surface area contributed by atoms with Gasteiger partial charge in [-0.05, 0) is 68.8 Å². The number of carboxylic acid groups (broad SMARTS) is 3. The second kappa shape index (κ2) is 21.4. The Balaban J connectivity index is 0.000000525. The van der Waals surface area contributed by atoms with Crippen LogP contribution < -0.4 is 5.73 Å². The molecule has 1 aliphatic carbocycles. The molecule has 2 saturated heterocycles. The first-order chi connectivity index (χ1) is 23.9. The van der Waals surface area contributed by atoms with Gasteiger partial charge >= 0.3 is 36.4 Å². The molecule has 0 bridgehead atoms. The molecule has 1 aromatic rings. The van der Waals surface area contributed by atoms with Crippen molar-refractivity contribution < 1.29 is 74.0 Å². The minimum atomic E-state index is -5.08. The quantitative estimate of drug-likeness (QED) is 0.267. The first-order valence-electron chi connectivity index (χ1n) is 16.1. The minimum Gasteiger partial charge on any atom is -0.475 e. The lowest BCUT2D eigenvalue weighted by atomic mass is 9.82. The predicted molar refractivity (Wildman–Crippen MR) is 168 cm³/mol. The molecule has 3 aliphatic rings. The number of nitrogens with two attached hydrogens (primary N) is 1. The molecule has 2 heterocycles. The molecule has 4 rings (SSSR count). The second-order valence-corrected chi connectivity index (χ2v) is 12.6. The zero-order valence-corrected chi connectivity index (χ0v) is 28.6. The largest absolute Gasteiger partial charge is 0.490 e. The predicted octanol–water partition coefficient (Wildman–Crippen LogP) is 5.30. The maximum Gasteiger partial charge on any atom is 0.490 e. The Hall–Kier alpha value is -3.36. The highest BCUT2D eigenvalue weighted by molar-refractivity contribution is 6.30. The standard InChI is InChI=1S/C25H39ClN4O.3C2HF3O2/c26-22-10-8-20(9-11-22)18-23(27)25(31)30-16-14-29(15-17-30)24(19-28-12-4-5-13-28)21-6-2-1-3-7-21;3*3-2(4,5)1(6)7/h8-11,21,23-24H,1-7,12-19,27H2;3*(H,6,7). The van der Waals surface area contributed by atoms with Crippen LogP contribution in [0.2, 0.25) is 5.02 Å². The molecule has 1 amide bonds. The number of carbonyl (C=O) groups excluding carboxylic acids is 1. The highest BCUT2D eigenvalue weighted by Crippen LogP contribution is 2.31. The molecule has 1 aromatic carbocycles. The molecule has 3 fully saturated rings. The van der Waals surface area contributed by atoms with Gasteiger partial charge in [0.25, 0.3) is 0 Å². The SMILES string of the molecule is NC(Cc1ccc(Cl)cc1)C(=O)N1CCN(C(CN2CCCC2)C2CCCCC2)CC1.O=C(O)C(F)(F)F.O=C(O)C(F)(F)F.O=C(O)C(F)(F)F.